The molecule has 2 aromatic carbocycles. The third-order valence-corrected chi connectivity index (χ3v) is 12.4. The fraction of sp³-hybridized carbons (Fsp3) is 0.452. The summed E-state index contributed by atoms with van der Waals surface area (Å²) in [6, 6.07) is 10.1. The van der Waals surface area contributed by atoms with Crippen molar-refractivity contribution in [2.45, 2.75) is 88.6 Å². The highest BCUT2D eigenvalue weighted by Gasteiger charge is 2.36. The molecule has 4 amide bonds. The molecule has 1 aliphatic carbocycles. The number of hydrogen-bond acceptors (Lipinski definition) is 8. The number of likely N-dealkylation sites (tertiary alicyclic amines) is 1. The number of nitrogens with one attached hydrogen (secondary N) is 2. The molecule has 19 heteroatoms. The number of para-hydroxylation sites is 1. The Morgan fingerprint density at radius 1 is 0.967 bits per heavy atom. The lowest BCUT2D eigenvalue weighted by Crippen LogP contribution is -2.47. The number of anilines is 1. The summed E-state index contributed by atoms with van der Waals surface area (Å²) in [6.45, 7) is 2.05. The van der Waals surface area contributed by atoms with Gasteiger partial charge in [-0.25, -0.2) is 18.6 Å². The van der Waals surface area contributed by atoms with Crippen molar-refractivity contribution < 1.29 is 41.1 Å². The van der Waals surface area contributed by atoms with E-state index in [4.69, 9.17) is 0 Å². The molecule has 1 saturated carbocycles. The summed E-state index contributed by atoms with van der Waals surface area (Å²) >= 11 is 0. The second-order valence-electron chi connectivity index (χ2n) is 16.2. The number of carbonyl (C=O) groups excluding carboxylic acids is 4. The van der Waals surface area contributed by atoms with Crippen molar-refractivity contribution >= 4 is 51.3 Å². The number of aromatic nitrogens is 5. The van der Waals surface area contributed by atoms with Gasteiger partial charge in [-0.05, 0) is 80.8 Å². The molecule has 0 spiro atoms. The lowest BCUT2D eigenvalue weighted by Gasteiger charge is -2.39. The molecule has 1 atom stereocenters. The van der Waals surface area contributed by atoms with Crippen LogP contribution in [0.1, 0.15) is 97.2 Å². The summed E-state index contributed by atoms with van der Waals surface area (Å²) < 4.78 is 72.5. The van der Waals surface area contributed by atoms with Gasteiger partial charge in [0.1, 0.15) is 17.4 Å². The van der Waals surface area contributed by atoms with E-state index in [1.807, 2.05) is 30.1 Å². The smallest absolute Gasteiger partial charge is 0.342 e. The van der Waals surface area contributed by atoms with Crippen LogP contribution in [-0.4, -0.2) is 83.5 Å². The Labute approximate surface area is 345 Å². The third kappa shape index (κ3) is 8.26. The molecule has 322 valence electrons. The van der Waals surface area contributed by atoms with E-state index < -0.39 is 47.4 Å². The van der Waals surface area contributed by atoms with Gasteiger partial charge < -0.3 is 10.2 Å². The molecule has 5 heterocycles. The minimum atomic E-state index is -4.79. The van der Waals surface area contributed by atoms with Crippen molar-refractivity contribution in [2.24, 2.45) is 13.0 Å². The highest BCUT2D eigenvalue weighted by Crippen LogP contribution is 2.37. The number of carbonyl (C=O) groups is 4. The summed E-state index contributed by atoms with van der Waals surface area (Å²) in [6.07, 6.45) is -1.69. The van der Waals surface area contributed by atoms with Crippen LogP contribution in [0.5, 0.6) is 0 Å². The molecular formula is C42H44F5N9O5. The normalized spacial score (nSPS) is 20.7. The first-order valence-electron chi connectivity index (χ1n) is 20.3. The van der Waals surface area contributed by atoms with Gasteiger partial charge in [0.05, 0.1) is 28.3 Å². The zero-order valence-corrected chi connectivity index (χ0v) is 33.4. The maximum absolute atomic E-state index is 14.1. The Bertz CT molecular complexity index is 2590. The second kappa shape index (κ2) is 16.5. The SMILES string of the molecule is CN(C(=O)[C@H]1CC[C@H](n2cc3cc(NC(=O)c4cccc(C(F)(F)F)n4)c(C(F)F)cc3n2)CC1)C1CCN(Cc2cccc3c2n(C)c(=O)n3C2CCC(=O)NC2=O)CC1. The van der Waals surface area contributed by atoms with Gasteiger partial charge in [0, 0.05) is 69.3 Å². The van der Waals surface area contributed by atoms with Crippen LogP contribution < -0.4 is 16.3 Å². The number of hydrogen-bond donors (Lipinski definition) is 2. The predicted octanol–water partition coefficient (Wildman–Crippen LogP) is 6.13. The molecule has 2 saturated heterocycles. The first kappa shape index (κ1) is 41.7. The van der Waals surface area contributed by atoms with Gasteiger partial charge in [-0.3, -0.25) is 43.2 Å². The number of imidazole rings is 1. The fourth-order valence-electron chi connectivity index (χ4n) is 9.13. The van der Waals surface area contributed by atoms with Gasteiger partial charge in [-0.1, -0.05) is 18.2 Å². The maximum Gasteiger partial charge on any atom is 0.433 e. The predicted molar refractivity (Wildman–Crippen MR) is 213 cm³/mol. The van der Waals surface area contributed by atoms with Crippen molar-refractivity contribution in [2.75, 3.05) is 25.5 Å². The number of amides is 4. The molecule has 3 fully saturated rings. The van der Waals surface area contributed by atoms with Gasteiger partial charge in [-0.2, -0.15) is 18.3 Å². The highest BCUT2D eigenvalue weighted by atomic mass is 19.4. The molecule has 1 unspecified atom stereocenters. The number of halogens is 5. The molecule has 2 aliphatic heterocycles. The van der Waals surface area contributed by atoms with Crippen LogP contribution in [-0.2, 0) is 34.2 Å². The number of imide groups is 1. The van der Waals surface area contributed by atoms with E-state index in [0.29, 0.717) is 49.2 Å². The molecule has 2 N–H and O–H groups in total. The van der Waals surface area contributed by atoms with Crippen LogP contribution in [0.25, 0.3) is 21.9 Å². The number of rotatable bonds is 9. The van der Waals surface area contributed by atoms with Gasteiger partial charge in [0.15, 0.2) is 0 Å². The van der Waals surface area contributed by atoms with Crippen LogP contribution in [0.3, 0.4) is 0 Å². The minimum absolute atomic E-state index is 0.0507. The average Bonchev–Trinajstić information content (AvgIpc) is 3.77. The Balaban J connectivity index is 0.869. The van der Waals surface area contributed by atoms with Crippen molar-refractivity contribution in [1.82, 2.24) is 39.0 Å². The highest BCUT2D eigenvalue weighted by molar-refractivity contribution is 6.04. The van der Waals surface area contributed by atoms with E-state index in [-0.39, 0.29) is 59.6 Å². The Hall–Kier alpha value is -5.98. The van der Waals surface area contributed by atoms with E-state index in [0.717, 1.165) is 55.2 Å². The van der Waals surface area contributed by atoms with E-state index >= 15 is 0 Å². The number of fused-ring (bicyclic) bond motifs is 2. The molecular weight excluding hydrogens is 806 g/mol. The third-order valence-electron chi connectivity index (χ3n) is 12.4. The van der Waals surface area contributed by atoms with Gasteiger partial charge in [0.2, 0.25) is 17.7 Å². The molecule has 8 rings (SSSR count). The van der Waals surface area contributed by atoms with Crippen molar-refractivity contribution in [1.29, 1.82) is 0 Å². The molecule has 61 heavy (non-hydrogen) atoms. The fourth-order valence-corrected chi connectivity index (χ4v) is 9.13. The summed E-state index contributed by atoms with van der Waals surface area (Å²) in [5, 5.41) is 9.65. The molecule has 0 radical (unpaired) electrons. The second-order valence-corrected chi connectivity index (χ2v) is 16.2. The van der Waals surface area contributed by atoms with Gasteiger partial charge >= 0.3 is 11.9 Å². The molecule has 3 aliphatic rings. The van der Waals surface area contributed by atoms with Crippen molar-refractivity contribution in [3.63, 3.8) is 0 Å². The molecule has 0 bridgehead atoms. The average molecular weight is 850 g/mol. The lowest BCUT2D eigenvalue weighted by atomic mass is 9.84. The summed E-state index contributed by atoms with van der Waals surface area (Å²) in [7, 11) is 3.54. The first-order chi connectivity index (χ1) is 29.1. The van der Waals surface area contributed by atoms with E-state index in [1.54, 1.807) is 22.5 Å². The number of aryl methyl sites for hydroxylation is 1. The van der Waals surface area contributed by atoms with Crippen LogP contribution in [0, 0.1) is 5.92 Å². The number of nitrogens with zero attached hydrogens (tertiary/aromatic N) is 7. The monoisotopic (exact) mass is 849 g/mol. The number of piperidine rings is 2. The standard InChI is InChI=1S/C42H44F5N9O5/c1-52(26-15-17-54(18-16-26)21-24-5-3-7-32-36(24)53(2)41(61)56(32)33-13-14-35(57)50-39(33)59)40(60)23-9-11-27(12-10-23)55-22-25-19-31(28(37(43)44)20-30(25)51-55)49-38(58)29-6-4-8-34(48-29)42(45,46)47/h3-8,19-20,22-23,26-27,33,37H,9-18,21H2,1-2H3,(H,49,58)(H,50,57,59)/t23-,27-,33?. The zero-order valence-electron chi connectivity index (χ0n) is 33.4. The van der Waals surface area contributed by atoms with Crippen LogP contribution in [0.15, 0.2) is 59.5 Å². The Morgan fingerprint density at radius 3 is 2.38 bits per heavy atom. The Morgan fingerprint density at radius 2 is 1.69 bits per heavy atom. The minimum Gasteiger partial charge on any atom is -0.342 e. The van der Waals surface area contributed by atoms with Crippen LogP contribution >= 0.6 is 0 Å². The molecule has 3 aromatic heterocycles. The van der Waals surface area contributed by atoms with Crippen molar-refractivity contribution in [3.8, 4) is 0 Å². The number of benzene rings is 2. The van der Waals surface area contributed by atoms with E-state index in [9.17, 15) is 45.9 Å². The van der Waals surface area contributed by atoms with Crippen molar-refractivity contribution in [3.05, 3.63) is 87.7 Å². The summed E-state index contributed by atoms with van der Waals surface area (Å²) in [5.74, 6) is -2.00. The Kier molecular flexibility index (Phi) is 11.3. The van der Waals surface area contributed by atoms with E-state index in [1.165, 1.54) is 10.6 Å². The van der Waals surface area contributed by atoms with Crippen LogP contribution in [0.4, 0.5) is 27.6 Å². The topological polar surface area (TPSA) is 156 Å². The summed E-state index contributed by atoms with van der Waals surface area (Å²) in [5.41, 5.74) is -0.376. The molecule has 14 nitrogen and oxygen atoms in total. The van der Waals surface area contributed by atoms with Gasteiger partial charge in [-0.15, -0.1) is 0 Å². The van der Waals surface area contributed by atoms with E-state index in [2.05, 4.69) is 25.6 Å². The number of pyridine rings is 1. The first-order valence-corrected chi connectivity index (χ1v) is 20.3. The van der Waals surface area contributed by atoms with Crippen LogP contribution in [0.2, 0.25) is 0 Å². The largest absolute Gasteiger partial charge is 0.433 e. The van der Waals surface area contributed by atoms with Gasteiger partial charge in [0.25, 0.3) is 12.3 Å². The number of alkyl halides is 5. The maximum atomic E-state index is 14.1. The lowest BCUT2D eigenvalue weighted by molar-refractivity contribution is -0.141. The summed E-state index contributed by atoms with van der Waals surface area (Å²) in [4.78, 5) is 71.9. The quantitative estimate of drug-likeness (QED) is 0.133. The molecule has 5 aromatic rings. The zero-order chi connectivity index (χ0) is 43.3.